The van der Waals surface area contributed by atoms with E-state index in [1.165, 1.54) is 7.05 Å². The highest BCUT2D eigenvalue weighted by Gasteiger charge is 2.30. The summed E-state index contributed by atoms with van der Waals surface area (Å²) in [6, 6.07) is 20.7. The monoisotopic (exact) mass is 479 g/mol. The first-order chi connectivity index (χ1) is 15.9. The number of rotatable bonds is 5. The summed E-state index contributed by atoms with van der Waals surface area (Å²) in [6.45, 7) is 1.04. The van der Waals surface area contributed by atoms with Gasteiger partial charge in [0.1, 0.15) is 0 Å². The third-order valence-corrected chi connectivity index (χ3v) is 9.22. The van der Waals surface area contributed by atoms with Gasteiger partial charge in [0.15, 0.2) is 0 Å². The molecule has 1 amide bonds. The Morgan fingerprint density at radius 1 is 1.09 bits per heavy atom. The quantitative estimate of drug-likeness (QED) is 0.423. The van der Waals surface area contributed by atoms with Crippen LogP contribution in [-0.4, -0.2) is 55.2 Å². The fourth-order valence-corrected chi connectivity index (χ4v) is 6.60. The number of carbonyl (C=O) groups is 1. The van der Waals surface area contributed by atoms with Crippen molar-refractivity contribution in [2.24, 2.45) is 0 Å². The van der Waals surface area contributed by atoms with Crippen LogP contribution in [0.3, 0.4) is 0 Å². The number of amides is 1. The lowest BCUT2D eigenvalue weighted by Crippen LogP contribution is -2.45. The van der Waals surface area contributed by atoms with E-state index in [-0.39, 0.29) is 23.3 Å². The molecule has 0 spiro atoms. The number of carbonyl (C=O) groups excluding carboxylic acids is 1. The average molecular weight is 480 g/mol. The van der Waals surface area contributed by atoms with Crippen LogP contribution in [0.5, 0.6) is 0 Å². The van der Waals surface area contributed by atoms with Crippen molar-refractivity contribution >= 4 is 48.3 Å². The number of aromatic nitrogens is 1. The smallest absolute Gasteiger partial charge is 0.243 e. The van der Waals surface area contributed by atoms with Crippen molar-refractivity contribution in [1.82, 2.24) is 14.2 Å². The maximum Gasteiger partial charge on any atom is 0.243 e. The molecule has 6 nitrogen and oxygen atoms in total. The molecule has 8 heteroatoms. The van der Waals surface area contributed by atoms with E-state index in [4.69, 9.17) is 4.98 Å². The summed E-state index contributed by atoms with van der Waals surface area (Å²) in [7, 11) is -2.30. The topological polar surface area (TPSA) is 70.6 Å². The number of piperidine rings is 1. The van der Waals surface area contributed by atoms with Crippen LogP contribution in [0, 0.1) is 0 Å². The molecule has 0 N–H and O–H groups in total. The SMILES string of the molecule is CN(CC(=O)N1CCC[C@H](c2nc3ccccc3s2)C1)S(=O)(=O)c1ccc2ccccc2c1. The van der Waals surface area contributed by atoms with Crippen LogP contribution in [0.4, 0.5) is 0 Å². The van der Waals surface area contributed by atoms with Gasteiger partial charge >= 0.3 is 0 Å². The van der Waals surface area contributed by atoms with Gasteiger partial charge in [-0.1, -0.05) is 42.5 Å². The van der Waals surface area contributed by atoms with E-state index in [9.17, 15) is 13.2 Å². The molecule has 170 valence electrons. The number of nitrogens with zero attached hydrogens (tertiary/aromatic N) is 3. The molecule has 1 aromatic heterocycles. The lowest BCUT2D eigenvalue weighted by atomic mass is 9.98. The number of likely N-dealkylation sites (tertiary alicyclic amines) is 1. The van der Waals surface area contributed by atoms with Gasteiger partial charge in [0.05, 0.1) is 26.7 Å². The largest absolute Gasteiger partial charge is 0.341 e. The third kappa shape index (κ3) is 4.38. The zero-order valence-electron chi connectivity index (χ0n) is 18.3. The molecule has 1 atom stereocenters. The zero-order valence-corrected chi connectivity index (χ0v) is 20.0. The summed E-state index contributed by atoms with van der Waals surface area (Å²) in [5, 5.41) is 2.88. The highest BCUT2D eigenvalue weighted by Crippen LogP contribution is 2.33. The molecule has 1 aliphatic heterocycles. The van der Waals surface area contributed by atoms with Gasteiger partial charge in [-0.05, 0) is 47.9 Å². The minimum Gasteiger partial charge on any atom is -0.341 e. The molecule has 1 saturated heterocycles. The normalized spacial score (nSPS) is 17.2. The molecule has 0 unspecified atom stereocenters. The van der Waals surface area contributed by atoms with E-state index in [0.29, 0.717) is 13.1 Å². The molecule has 0 saturated carbocycles. The van der Waals surface area contributed by atoms with Crippen molar-refractivity contribution in [2.45, 2.75) is 23.7 Å². The van der Waals surface area contributed by atoms with Gasteiger partial charge < -0.3 is 4.90 Å². The second-order valence-electron chi connectivity index (χ2n) is 8.47. The van der Waals surface area contributed by atoms with Gasteiger partial charge in [0, 0.05) is 26.1 Å². The molecular weight excluding hydrogens is 454 g/mol. The van der Waals surface area contributed by atoms with Crippen LogP contribution >= 0.6 is 11.3 Å². The van der Waals surface area contributed by atoms with Crippen molar-refractivity contribution in [3.63, 3.8) is 0 Å². The Kier molecular flexibility index (Phi) is 5.90. The lowest BCUT2D eigenvalue weighted by molar-refractivity contribution is -0.132. The maximum absolute atomic E-state index is 13.1. The Hall–Kier alpha value is -2.81. The summed E-state index contributed by atoms with van der Waals surface area (Å²) < 4.78 is 28.6. The molecule has 4 aromatic rings. The van der Waals surface area contributed by atoms with Crippen LogP contribution in [0.25, 0.3) is 21.0 Å². The van der Waals surface area contributed by atoms with Crippen molar-refractivity contribution in [2.75, 3.05) is 26.7 Å². The Morgan fingerprint density at radius 3 is 2.67 bits per heavy atom. The standard InChI is InChI=1S/C25H25N3O3S2/c1-27(33(30,31)21-13-12-18-7-2-3-8-19(18)15-21)17-24(29)28-14-6-9-20(16-28)25-26-22-10-4-5-11-23(22)32-25/h2-5,7-8,10-13,15,20H,6,9,14,16-17H2,1H3/t20-/m0/s1. The maximum atomic E-state index is 13.1. The molecule has 1 aliphatic rings. The van der Waals surface area contributed by atoms with Crippen LogP contribution in [0.15, 0.2) is 71.6 Å². The minimum atomic E-state index is -3.77. The number of sulfonamides is 1. The van der Waals surface area contributed by atoms with Crippen LogP contribution in [-0.2, 0) is 14.8 Å². The first kappa shape index (κ1) is 22.0. The lowest BCUT2D eigenvalue weighted by Gasteiger charge is -2.32. The Balaban J connectivity index is 1.29. The summed E-state index contributed by atoms with van der Waals surface area (Å²) in [5.74, 6) is 0.00942. The number of hydrogen-bond donors (Lipinski definition) is 0. The van der Waals surface area contributed by atoms with E-state index in [1.807, 2.05) is 42.5 Å². The fraction of sp³-hybridized carbons (Fsp3) is 0.280. The Labute approximate surface area is 197 Å². The molecule has 1 fully saturated rings. The van der Waals surface area contributed by atoms with E-state index < -0.39 is 10.0 Å². The summed E-state index contributed by atoms with van der Waals surface area (Å²) in [4.78, 5) is 19.8. The van der Waals surface area contributed by atoms with Crippen molar-refractivity contribution < 1.29 is 13.2 Å². The summed E-state index contributed by atoms with van der Waals surface area (Å²) >= 11 is 1.68. The molecule has 0 bridgehead atoms. The molecular formula is C25H25N3O3S2. The van der Waals surface area contributed by atoms with Crippen molar-refractivity contribution in [3.05, 3.63) is 71.7 Å². The van der Waals surface area contributed by atoms with Gasteiger partial charge in [0.25, 0.3) is 0 Å². The number of hydrogen-bond acceptors (Lipinski definition) is 5. The van der Waals surface area contributed by atoms with Crippen LogP contribution in [0.2, 0.25) is 0 Å². The molecule has 0 radical (unpaired) electrons. The van der Waals surface area contributed by atoms with Crippen molar-refractivity contribution in [3.8, 4) is 0 Å². The molecule has 3 aromatic carbocycles. The highest BCUT2D eigenvalue weighted by atomic mass is 32.2. The average Bonchev–Trinajstić information content (AvgIpc) is 3.28. The van der Waals surface area contributed by atoms with Gasteiger partial charge in [-0.3, -0.25) is 4.79 Å². The van der Waals surface area contributed by atoms with Crippen LogP contribution in [0.1, 0.15) is 23.8 Å². The van der Waals surface area contributed by atoms with Gasteiger partial charge in [0.2, 0.25) is 15.9 Å². The van der Waals surface area contributed by atoms with E-state index in [2.05, 4.69) is 6.07 Å². The number of fused-ring (bicyclic) bond motifs is 2. The first-order valence-corrected chi connectivity index (χ1v) is 13.3. The van der Waals surface area contributed by atoms with Gasteiger partial charge in [-0.2, -0.15) is 4.31 Å². The highest BCUT2D eigenvalue weighted by molar-refractivity contribution is 7.89. The Bertz CT molecular complexity index is 1400. The van der Waals surface area contributed by atoms with Gasteiger partial charge in [-0.25, -0.2) is 13.4 Å². The molecule has 33 heavy (non-hydrogen) atoms. The number of likely N-dealkylation sites (N-methyl/N-ethyl adjacent to an activating group) is 1. The molecule has 2 heterocycles. The molecule has 0 aliphatic carbocycles. The number of benzene rings is 3. The predicted molar refractivity (Wildman–Crippen MR) is 132 cm³/mol. The summed E-state index contributed by atoms with van der Waals surface area (Å²) in [5.41, 5.74) is 0.988. The molecule has 5 rings (SSSR count). The predicted octanol–water partition coefficient (Wildman–Crippen LogP) is 4.48. The zero-order chi connectivity index (χ0) is 23.0. The van der Waals surface area contributed by atoms with Crippen LogP contribution < -0.4 is 0 Å². The first-order valence-electron chi connectivity index (χ1n) is 11.0. The third-order valence-electron chi connectivity index (χ3n) is 6.22. The summed E-state index contributed by atoms with van der Waals surface area (Å²) in [6.07, 6.45) is 1.86. The van der Waals surface area contributed by atoms with Crippen molar-refractivity contribution in [1.29, 1.82) is 0 Å². The van der Waals surface area contributed by atoms with E-state index >= 15 is 0 Å². The second-order valence-corrected chi connectivity index (χ2v) is 11.6. The second kappa shape index (κ2) is 8.85. The van der Waals surface area contributed by atoms with Gasteiger partial charge in [-0.15, -0.1) is 11.3 Å². The van der Waals surface area contributed by atoms with E-state index in [1.54, 1.807) is 34.4 Å². The number of para-hydroxylation sites is 1. The Morgan fingerprint density at radius 2 is 1.85 bits per heavy atom. The number of thiazole rings is 1. The van der Waals surface area contributed by atoms with E-state index in [0.717, 1.165) is 43.1 Å². The minimum absolute atomic E-state index is 0.173. The fourth-order valence-electron chi connectivity index (χ4n) is 4.35.